The van der Waals surface area contributed by atoms with Crippen molar-refractivity contribution in [2.45, 2.75) is 70.6 Å². The second-order valence-electron chi connectivity index (χ2n) is 10.2. The average Bonchev–Trinajstić information content (AvgIpc) is 3.06. The number of carbonyl (C=O) groups excluding carboxylic acids is 4. The van der Waals surface area contributed by atoms with E-state index in [1.54, 1.807) is 11.0 Å². The van der Waals surface area contributed by atoms with Gasteiger partial charge in [-0.3, -0.25) is 24.6 Å². The first-order valence-electron chi connectivity index (χ1n) is 11.9. The zero-order valence-corrected chi connectivity index (χ0v) is 19.7. The van der Waals surface area contributed by atoms with Crippen molar-refractivity contribution in [1.82, 2.24) is 10.2 Å². The van der Waals surface area contributed by atoms with Gasteiger partial charge in [0.2, 0.25) is 11.8 Å². The van der Waals surface area contributed by atoms with Crippen molar-refractivity contribution < 1.29 is 23.9 Å². The molecule has 0 spiro atoms. The second-order valence-corrected chi connectivity index (χ2v) is 10.2. The van der Waals surface area contributed by atoms with Crippen LogP contribution >= 0.6 is 0 Å². The molecule has 2 aromatic carbocycles. The Kier molecular flexibility index (Phi) is 5.34. The second kappa shape index (κ2) is 8.11. The molecule has 34 heavy (non-hydrogen) atoms. The molecule has 2 fully saturated rings. The summed E-state index contributed by atoms with van der Waals surface area (Å²) in [4.78, 5) is 54.0. The SMILES string of the molecule is CC(C)(C)OC(=O)N1CCCCC1c1ccc2c3c(cccc13)C(=O)N2C1CCC(=O)NC1=O. The van der Waals surface area contributed by atoms with Gasteiger partial charge in [0.25, 0.3) is 5.91 Å². The van der Waals surface area contributed by atoms with Crippen LogP contribution in [0.5, 0.6) is 0 Å². The normalized spacial score (nSPS) is 22.9. The highest BCUT2D eigenvalue weighted by molar-refractivity contribution is 6.27. The first-order chi connectivity index (χ1) is 16.2. The Morgan fingerprint density at radius 2 is 1.82 bits per heavy atom. The number of likely N-dealkylation sites (tertiary alicyclic amines) is 1. The van der Waals surface area contributed by atoms with E-state index in [0.29, 0.717) is 24.2 Å². The molecule has 0 aromatic heterocycles. The lowest BCUT2D eigenvalue weighted by atomic mass is 9.90. The number of nitrogens with zero attached hydrogens (tertiary/aromatic N) is 2. The van der Waals surface area contributed by atoms with E-state index in [-0.39, 0.29) is 30.4 Å². The number of piperidine rings is 2. The number of carbonyl (C=O) groups is 4. The van der Waals surface area contributed by atoms with Gasteiger partial charge in [0, 0.05) is 23.9 Å². The molecule has 3 aliphatic heterocycles. The lowest BCUT2D eigenvalue weighted by Crippen LogP contribution is -2.53. The van der Waals surface area contributed by atoms with Crippen molar-refractivity contribution in [3.63, 3.8) is 0 Å². The summed E-state index contributed by atoms with van der Waals surface area (Å²) in [7, 11) is 0. The quantitative estimate of drug-likeness (QED) is 0.678. The molecule has 2 aromatic rings. The lowest BCUT2D eigenvalue weighted by molar-refractivity contribution is -0.134. The number of nitrogens with one attached hydrogen (secondary N) is 1. The molecule has 5 rings (SSSR count). The average molecular weight is 464 g/mol. The van der Waals surface area contributed by atoms with E-state index in [4.69, 9.17) is 4.74 Å². The van der Waals surface area contributed by atoms with Crippen LogP contribution in [0.15, 0.2) is 30.3 Å². The van der Waals surface area contributed by atoms with Gasteiger partial charge in [-0.25, -0.2) is 4.79 Å². The highest BCUT2D eigenvalue weighted by Gasteiger charge is 2.41. The largest absolute Gasteiger partial charge is 0.444 e. The van der Waals surface area contributed by atoms with Gasteiger partial charge < -0.3 is 9.64 Å². The molecule has 3 aliphatic rings. The maximum absolute atomic E-state index is 13.4. The van der Waals surface area contributed by atoms with Gasteiger partial charge >= 0.3 is 6.09 Å². The summed E-state index contributed by atoms with van der Waals surface area (Å²) in [6.45, 7) is 6.19. The highest BCUT2D eigenvalue weighted by Crippen LogP contribution is 2.44. The number of rotatable bonds is 2. The van der Waals surface area contributed by atoms with Crippen LogP contribution in [0.2, 0.25) is 0 Å². The van der Waals surface area contributed by atoms with Crippen molar-refractivity contribution in [2.75, 3.05) is 11.4 Å². The standard InChI is InChI=1S/C26H29N3O5/c1-26(2,3)34-25(33)28-14-5-4-9-18(28)15-10-11-19-22-16(15)7-6-8-17(22)24(32)29(19)20-12-13-21(30)27-23(20)31/h6-8,10-11,18,20H,4-5,9,12-14H2,1-3H3,(H,27,30,31). The molecular weight excluding hydrogens is 434 g/mol. The topological polar surface area (TPSA) is 96.0 Å². The smallest absolute Gasteiger partial charge is 0.410 e. The molecule has 1 N–H and O–H groups in total. The fraction of sp³-hybridized carbons (Fsp3) is 0.462. The summed E-state index contributed by atoms with van der Waals surface area (Å²) in [5.74, 6) is -0.997. The molecule has 2 saturated heterocycles. The zero-order valence-electron chi connectivity index (χ0n) is 19.7. The molecule has 8 nitrogen and oxygen atoms in total. The Morgan fingerprint density at radius 3 is 2.56 bits per heavy atom. The van der Waals surface area contributed by atoms with E-state index in [0.717, 1.165) is 35.6 Å². The monoisotopic (exact) mass is 463 g/mol. The number of hydrogen-bond acceptors (Lipinski definition) is 5. The van der Waals surface area contributed by atoms with E-state index in [9.17, 15) is 19.2 Å². The van der Waals surface area contributed by atoms with Gasteiger partial charge in [-0.1, -0.05) is 18.2 Å². The Hall–Kier alpha value is -3.42. The Balaban J connectivity index is 1.56. The molecule has 0 radical (unpaired) electrons. The molecular formula is C26H29N3O5. The molecule has 3 heterocycles. The summed E-state index contributed by atoms with van der Waals surface area (Å²) in [6, 6.07) is 8.55. The first kappa shape index (κ1) is 22.4. The van der Waals surface area contributed by atoms with Crippen LogP contribution in [0.1, 0.15) is 74.8 Å². The number of benzene rings is 2. The summed E-state index contributed by atoms with van der Waals surface area (Å²) < 4.78 is 5.69. The highest BCUT2D eigenvalue weighted by atomic mass is 16.6. The van der Waals surface area contributed by atoms with Crippen LogP contribution in [0.4, 0.5) is 10.5 Å². The van der Waals surface area contributed by atoms with Crippen LogP contribution in [0.3, 0.4) is 0 Å². The van der Waals surface area contributed by atoms with Crippen molar-refractivity contribution in [1.29, 1.82) is 0 Å². The van der Waals surface area contributed by atoms with Crippen molar-refractivity contribution in [3.8, 4) is 0 Å². The van der Waals surface area contributed by atoms with Gasteiger partial charge in [-0.05, 0) is 69.5 Å². The van der Waals surface area contributed by atoms with Crippen LogP contribution < -0.4 is 10.2 Å². The molecule has 2 unspecified atom stereocenters. The predicted molar refractivity (Wildman–Crippen MR) is 126 cm³/mol. The van der Waals surface area contributed by atoms with Crippen molar-refractivity contribution in [2.24, 2.45) is 0 Å². The van der Waals surface area contributed by atoms with Crippen molar-refractivity contribution >= 4 is 40.3 Å². The van der Waals surface area contributed by atoms with Crippen LogP contribution in [0, 0.1) is 0 Å². The Morgan fingerprint density at radius 1 is 1.03 bits per heavy atom. The van der Waals surface area contributed by atoms with Gasteiger partial charge in [0.1, 0.15) is 11.6 Å². The summed E-state index contributed by atoms with van der Waals surface area (Å²) in [5, 5.41) is 4.05. The first-order valence-corrected chi connectivity index (χ1v) is 11.9. The molecule has 8 heteroatoms. The Bertz CT molecular complexity index is 1210. The number of hydrogen-bond donors (Lipinski definition) is 1. The summed E-state index contributed by atoms with van der Waals surface area (Å²) >= 11 is 0. The maximum atomic E-state index is 13.4. The third-order valence-corrected chi connectivity index (χ3v) is 6.77. The van der Waals surface area contributed by atoms with Gasteiger partial charge in [-0.15, -0.1) is 0 Å². The third-order valence-electron chi connectivity index (χ3n) is 6.77. The number of imide groups is 1. The predicted octanol–water partition coefficient (Wildman–Crippen LogP) is 4.07. The molecule has 178 valence electrons. The van der Waals surface area contributed by atoms with E-state index in [1.807, 2.05) is 45.0 Å². The van der Waals surface area contributed by atoms with Gasteiger partial charge in [0.15, 0.2) is 0 Å². The van der Waals surface area contributed by atoms with E-state index >= 15 is 0 Å². The lowest BCUT2D eigenvalue weighted by Gasteiger charge is -2.37. The number of amides is 4. The minimum Gasteiger partial charge on any atom is -0.444 e. The van der Waals surface area contributed by atoms with Gasteiger partial charge in [-0.2, -0.15) is 0 Å². The maximum Gasteiger partial charge on any atom is 0.410 e. The van der Waals surface area contributed by atoms with Crippen LogP contribution in [0.25, 0.3) is 10.8 Å². The fourth-order valence-corrected chi connectivity index (χ4v) is 5.35. The van der Waals surface area contributed by atoms with Gasteiger partial charge in [0.05, 0.1) is 11.7 Å². The zero-order chi connectivity index (χ0) is 24.2. The minimum atomic E-state index is -0.723. The van der Waals surface area contributed by atoms with Crippen molar-refractivity contribution in [3.05, 3.63) is 41.5 Å². The Labute approximate surface area is 198 Å². The molecule has 4 amide bonds. The van der Waals surface area contributed by atoms with E-state index in [1.165, 1.54) is 4.90 Å². The van der Waals surface area contributed by atoms with E-state index < -0.39 is 17.6 Å². The third kappa shape index (κ3) is 3.71. The molecule has 0 bridgehead atoms. The summed E-state index contributed by atoms with van der Waals surface area (Å²) in [6.07, 6.45) is 2.88. The molecule has 2 atom stereocenters. The fourth-order valence-electron chi connectivity index (χ4n) is 5.35. The molecule has 0 saturated carbocycles. The van der Waals surface area contributed by atoms with E-state index in [2.05, 4.69) is 5.32 Å². The summed E-state index contributed by atoms with van der Waals surface area (Å²) in [5.41, 5.74) is 1.60. The number of ether oxygens (including phenoxy) is 1. The van der Waals surface area contributed by atoms with Crippen LogP contribution in [-0.4, -0.2) is 46.9 Å². The van der Waals surface area contributed by atoms with Crippen LogP contribution in [-0.2, 0) is 14.3 Å². The minimum absolute atomic E-state index is 0.160. The number of anilines is 1. The molecule has 0 aliphatic carbocycles.